The Kier molecular flexibility index (Phi) is 4.81. The largest absolute Gasteiger partial charge is 0.334 e. The summed E-state index contributed by atoms with van der Waals surface area (Å²) >= 11 is 0. The molecule has 0 spiro atoms. The van der Waals surface area contributed by atoms with Crippen molar-refractivity contribution in [3.05, 3.63) is 18.2 Å². The quantitative estimate of drug-likeness (QED) is 0.872. The third-order valence-corrected chi connectivity index (χ3v) is 4.17. The molecular weight excluding hydrogens is 222 g/mol. The predicted molar refractivity (Wildman–Crippen MR) is 75.3 cm³/mol. The van der Waals surface area contributed by atoms with Crippen LogP contribution in [-0.2, 0) is 13.0 Å². The zero-order valence-corrected chi connectivity index (χ0v) is 11.8. The number of aromatic nitrogens is 2. The summed E-state index contributed by atoms with van der Waals surface area (Å²) in [7, 11) is 0. The molecule has 3 heteroatoms. The van der Waals surface area contributed by atoms with E-state index in [2.05, 4.69) is 23.4 Å². The van der Waals surface area contributed by atoms with Crippen LogP contribution in [0.2, 0.25) is 0 Å². The first-order valence-electron chi connectivity index (χ1n) is 7.38. The minimum Gasteiger partial charge on any atom is -0.334 e. The molecule has 18 heavy (non-hydrogen) atoms. The van der Waals surface area contributed by atoms with E-state index in [4.69, 9.17) is 5.73 Å². The van der Waals surface area contributed by atoms with Gasteiger partial charge in [-0.15, -0.1) is 0 Å². The molecule has 0 aromatic carbocycles. The standard InChI is InChI=1S/C15H27N3/c1-12(2)7-15-9-17-11-18(15)10-14-5-3-13(8-16)4-6-14/h9,11-14H,3-8,10,16H2,1-2H3. The molecule has 102 valence electrons. The lowest BCUT2D eigenvalue weighted by Gasteiger charge is -2.28. The van der Waals surface area contributed by atoms with Crippen molar-refractivity contribution in [1.29, 1.82) is 0 Å². The molecule has 2 rings (SSSR count). The summed E-state index contributed by atoms with van der Waals surface area (Å²) in [6.45, 7) is 6.56. The molecule has 1 heterocycles. The van der Waals surface area contributed by atoms with Crippen molar-refractivity contribution in [3.8, 4) is 0 Å². The van der Waals surface area contributed by atoms with E-state index in [0.29, 0.717) is 5.92 Å². The Bertz CT molecular complexity index is 348. The highest BCUT2D eigenvalue weighted by Crippen LogP contribution is 2.29. The van der Waals surface area contributed by atoms with Gasteiger partial charge >= 0.3 is 0 Å². The second-order valence-electron chi connectivity index (χ2n) is 6.26. The molecule has 1 aliphatic carbocycles. The maximum absolute atomic E-state index is 5.75. The fraction of sp³-hybridized carbons (Fsp3) is 0.800. The van der Waals surface area contributed by atoms with Crippen molar-refractivity contribution in [1.82, 2.24) is 9.55 Å². The normalized spacial score (nSPS) is 24.7. The number of nitrogens with two attached hydrogens (primary N) is 1. The van der Waals surface area contributed by atoms with Gasteiger partial charge in [0.25, 0.3) is 0 Å². The predicted octanol–water partition coefficient (Wildman–Crippen LogP) is 2.85. The van der Waals surface area contributed by atoms with Crippen LogP contribution < -0.4 is 5.73 Å². The highest BCUT2D eigenvalue weighted by atomic mass is 15.0. The highest BCUT2D eigenvalue weighted by Gasteiger charge is 2.21. The van der Waals surface area contributed by atoms with Crippen LogP contribution in [0.1, 0.15) is 45.2 Å². The molecule has 0 radical (unpaired) electrons. The number of hydrogen-bond acceptors (Lipinski definition) is 2. The van der Waals surface area contributed by atoms with Gasteiger partial charge in [-0.2, -0.15) is 0 Å². The molecule has 1 saturated carbocycles. The van der Waals surface area contributed by atoms with Crippen molar-refractivity contribution in [2.24, 2.45) is 23.5 Å². The molecule has 1 aromatic heterocycles. The highest BCUT2D eigenvalue weighted by molar-refractivity contribution is 4.99. The molecule has 0 unspecified atom stereocenters. The van der Waals surface area contributed by atoms with Crippen LogP contribution in [0, 0.1) is 17.8 Å². The average Bonchev–Trinajstić information content (AvgIpc) is 2.77. The first-order chi connectivity index (χ1) is 8.69. The second-order valence-corrected chi connectivity index (χ2v) is 6.26. The van der Waals surface area contributed by atoms with E-state index in [1.54, 1.807) is 0 Å². The van der Waals surface area contributed by atoms with Gasteiger partial charge in [-0.1, -0.05) is 13.8 Å². The van der Waals surface area contributed by atoms with E-state index >= 15 is 0 Å². The summed E-state index contributed by atoms with van der Waals surface area (Å²) in [6, 6.07) is 0. The monoisotopic (exact) mass is 249 g/mol. The maximum atomic E-state index is 5.75. The van der Waals surface area contributed by atoms with Crippen molar-refractivity contribution >= 4 is 0 Å². The second kappa shape index (κ2) is 6.37. The summed E-state index contributed by atoms with van der Waals surface area (Å²) in [5, 5.41) is 0. The topological polar surface area (TPSA) is 43.8 Å². The SMILES string of the molecule is CC(C)Cc1cncn1CC1CCC(CN)CC1. The Morgan fingerprint density at radius 2 is 1.94 bits per heavy atom. The molecule has 3 nitrogen and oxygen atoms in total. The summed E-state index contributed by atoms with van der Waals surface area (Å²) in [4.78, 5) is 4.31. The first-order valence-corrected chi connectivity index (χ1v) is 7.38. The van der Waals surface area contributed by atoms with Crippen molar-refractivity contribution < 1.29 is 0 Å². The van der Waals surface area contributed by atoms with Crippen molar-refractivity contribution in [2.75, 3.05) is 6.54 Å². The van der Waals surface area contributed by atoms with Crippen LogP contribution in [0.4, 0.5) is 0 Å². The summed E-state index contributed by atoms with van der Waals surface area (Å²) in [5.74, 6) is 2.31. The molecule has 1 fully saturated rings. The fourth-order valence-electron chi connectivity index (χ4n) is 3.03. The number of hydrogen-bond donors (Lipinski definition) is 1. The molecule has 0 aliphatic heterocycles. The van der Waals surface area contributed by atoms with Gasteiger partial charge in [0.2, 0.25) is 0 Å². The molecule has 0 amide bonds. The van der Waals surface area contributed by atoms with Crippen LogP contribution in [0.25, 0.3) is 0 Å². The summed E-state index contributed by atoms with van der Waals surface area (Å²) in [5.41, 5.74) is 7.14. The lowest BCUT2D eigenvalue weighted by atomic mass is 9.82. The van der Waals surface area contributed by atoms with E-state index in [1.807, 2.05) is 12.5 Å². The van der Waals surface area contributed by atoms with E-state index in [1.165, 1.54) is 31.4 Å². The minimum absolute atomic E-state index is 0.702. The van der Waals surface area contributed by atoms with E-state index in [0.717, 1.165) is 31.3 Å². The van der Waals surface area contributed by atoms with Crippen LogP contribution in [0.3, 0.4) is 0 Å². The molecule has 2 N–H and O–H groups in total. The van der Waals surface area contributed by atoms with Gasteiger partial charge in [0.05, 0.1) is 6.33 Å². The number of nitrogens with zero attached hydrogens (tertiary/aromatic N) is 2. The fourth-order valence-corrected chi connectivity index (χ4v) is 3.03. The van der Waals surface area contributed by atoms with Gasteiger partial charge in [0, 0.05) is 18.4 Å². The average molecular weight is 249 g/mol. The first kappa shape index (κ1) is 13.6. The van der Waals surface area contributed by atoms with Gasteiger partial charge < -0.3 is 10.3 Å². The summed E-state index contributed by atoms with van der Waals surface area (Å²) < 4.78 is 2.37. The lowest BCUT2D eigenvalue weighted by molar-refractivity contribution is 0.254. The molecular formula is C15H27N3. The minimum atomic E-state index is 0.702. The van der Waals surface area contributed by atoms with E-state index in [9.17, 15) is 0 Å². The molecule has 0 saturated heterocycles. The third kappa shape index (κ3) is 3.58. The van der Waals surface area contributed by atoms with Gasteiger partial charge in [-0.25, -0.2) is 4.98 Å². The number of rotatable bonds is 5. The Hall–Kier alpha value is -0.830. The third-order valence-electron chi connectivity index (χ3n) is 4.17. The van der Waals surface area contributed by atoms with Crippen LogP contribution in [0.5, 0.6) is 0 Å². The molecule has 0 bridgehead atoms. The van der Waals surface area contributed by atoms with Crippen LogP contribution in [0.15, 0.2) is 12.5 Å². The van der Waals surface area contributed by atoms with Crippen molar-refractivity contribution in [3.63, 3.8) is 0 Å². The smallest absolute Gasteiger partial charge is 0.0948 e. The van der Waals surface area contributed by atoms with Gasteiger partial charge in [0.15, 0.2) is 0 Å². The Labute approximate surface area is 111 Å². The van der Waals surface area contributed by atoms with Crippen LogP contribution >= 0.6 is 0 Å². The van der Waals surface area contributed by atoms with Crippen molar-refractivity contribution in [2.45, 2.75) is 52.5 Å². The van der Waals surface area contributed by atoms with E-state index in [-0.39, 0.29) is 0 Å². The summed E-state index contributed by atoms with van der Waals surface area (Å²) in [6.07, 6.45) is 10.5. The zero-order valence-electron chi connectivity index (χ0n) is 11.8. The van der Waals surface area contributed by atoms with Gasteiger partial charge in [-0.05, 0) is 56.4 Å². The molecule has 1 aliphatic rings. The van der Waals surface area contributed by atoms with E-state index < -0.39 is 0 Å². The van der Waals surface area contributed by atoms with Crippen LogP contribution in [-0.4, -0.2) is 16.1 Å². The Morgan fingerprint density at radius 1 is 1.28 bits per heavy atom. The Balaban J connectivity index is 1.88. The lowest BCUT2D eigenvalue weighted by Crippen LogP contribution is -2.24. The maximum Gasteiger partial charge on any atom is 0.0948 e. The van der Waals surface area contributed by atoms with Gasteiger partial charge in [0.1, 0.15) is 0 Å². The molecule has 1 aromatic rings. The zero-order chi connectivity index (χ0) is 13.0. The molecule has 0 atom stereocenters. The number of imidazole rings is 1. The Morgan fingerprint density at radius 3 is 2.56 bits per heavy atom. The van der Waals surface area contributed by atoms with Gasteiger partial charge in [-0.3, -0.25) is 0 Å².